The first-order valence-corrected chi connectivity index (χ1v) is 7.06. The third-order valence-corrected chi connectivity index (χ3v) is 3.00. The van der Waals surface area contributed by atoms with Gasteiger partial charge in [-0.2, -0.15) is 0 Å². The van der Waals surface area contributed by atoms with Crippen LogP contribution in [0.4, 0.5) is 4.79 Å². The second-order valence-electron chi connectivity index (χ2n) is 6.29. The molecule has 1 amide bonds. The summed E-state index contributed by atoms with van der Waals surface area (Å²) in [7, 11) is 0. The summed E-state index contributed by atoms with van der Waals surface area (Å²) in [5.41, 5.74) is -0.825. The van der Waals surface area contributed by atoms with Crippen LogP contribution in [0, 0.1) is 0 Å². The van der Waals surface area contributed by atoms with Crippen LogP contribution < -0.4 is 0 Å². The zero-order chi connectivity index (χ0) is 15.2. The Bertz CT molecular complexity index is 315. The summed E-state index contributed by atoms with van der Waals surface area (Å²) >= 11 is 0. The Labute approximate surface area is 121 Å². The quantitative estimate of drug-likeness (QED) is 0.749. The van der Waals surface area contributed by atoms with E-state index in [-0.39, 0.29) is 18.3 Å². The number of hydrogen-bond donors (Lipinski definition) is 1. The van der Waals surface area contributed by atoms with Crippen molar-refractivity contribution in [2.45, 2.75) is 45.3 Å². The van der Waals surface area contributed by atoms with E-state index in [1.54, 1.807) is 4.90 Å². The molecule has 1 rings (SSSR count). The molecule has 0 spiro atoms. The zero-order valence-electron chi connectivity index (χ0n) is 13.0. The fourth-order valence-electron chi connectivity index (χ4n) is 2.05. The normalized spacial score (nSPS) is 23.1. The summed E-state index contributed by atoms with van der Waals surface area (Å²) in [6.07, 6.45) is 0.494. The van der Waals surface area contributed by atoms with Gasteiger partial charge in [0.05, 0.1) is 38.6 Å². The maximum Gasteiger partial charge on any atom is 0.410 e. The van der Waals surface area contributed by atoms with Gasteiger partial charge in [-0.1, -0.05) is 0 Å². The van der Waals surface area contributed by atoms with Crippen LogP contribution in [-0.2, 0) is 14.2 Å². The van der Waals surface area contributed by atoms with Crippen LogP contribution in [0.1, 0.15) is 34.1 Å². The van der Waals surface area contributed by atoms with Crippen molar-refractivity contribution >= 4 is 6.09 Å². The van der Waals surface area contributed by atoms with Crippen molar-refractivity contribution in [1.29, 1.82) is 0 Å². The average molecular weight is 289 g/mol. The molecule has 1 fully saturated rings. The van der Waals surface area contributed by atoms with Gasteiger partial charge in [-0.05, 0) is 34.1 Å². The molecule has 0 aromatic carbocycles. The van der Waals surface area contributed by atoms with Gasteiger partial charge in [-0.25, -0.2) is 4.79 Å². The molecule has 1 N–H and O–H groups in total. The SMILES string of the molecule is CC(C)(C)OC(=O)N1CCC(C)(OCCOCCO)C1. The standard InChI is InChI=1S/C14H27NO5/c1-13(2,3)20-12(17)15-6-5-14(4,11-15)19-10-9-18-8-7-16/h16H,5-11H2,1-4H3. The molecule has 1 unspecified atom stereocenters. The summed E-state index contributed by atoms with van der Waals surface area (Å²) in [4.78, 5) is 13.6. The van der Waals surface area contributed by atoms with Gasteiger partial charge >= 0.3 is 6.09 Å². The van der Waals surface area contributed by atoms with Gasteiger partial charge in [-0.3, -0.25) is 0 Å². The van der Waals surface area contributed by atoms with E-state index >= 15 is 0 Å². The number of ether oxygens (including phenoxy) is 3. The number of aliphatic hydroxyl groups is 1. The lowest BCUT2D eigenvalue weighted by Gasteiger charge is -2.27. The van der Waals surface area contributed by atoms with E-state index in [1.807, 2.05) is 27.7 Å². The van der Waals surface area contributed by atoms with Gasteiger partial charge in [-0.15, -0.1) is 0 Å². The minimum atomic E-state index is -0.477. The molecule has 20 heavy (non-hydrogen) atoms. The topological polar surface area (TPSA) is 68.2 Å². The second-order valence-corrected chi connectivity index (χ2v) is 6.29. The number of carbonyl (C=O) groups excluding carboxylic acids is 1. The first kappa shape index (κ1) is 17.2. The predicted octanol–water partition coefficient (Wildman–Crippen LogP) is 1.41. The number of likely N-dealkylation sites (tertiary alicyclic amines) is 1. The first-order chi connectivity index (χ1) is 9.26. The van der Waals surface area contributed by atoms with Gasteiger partial charge in [0.1, 0.15) is 5.60 Å². The fourth-order valence-corrected chi connectivity index (χ4v) is 2.05. The molecule has 1 saturated heterocycles. The summed E-state index contributed by atoms with van der Waals surface area (Å²) < 4.78 is 16.3. The molecule has 0 aromatic heterocycles. The maximum absolute atomic E-state index is 12.0. The van der Waals surface area contributed by atoms with Gasteiger partial charge in [0.2, 0.25) is 0 Å². The monoisotopic (exact) mass is 289 g/mol. The number of rotatable bonds is 6. The Morgan fingerprint density at radius 1 is 1.30 bits per heavy atom. The van der Waals surface area contributed by atoms with Gasteiger partial charge in [0.25, 0.3) is 0 Å². The highest BCUT2D eigenvalue weighted by Crippen LogP contribution is 2.26. The highest BCUT2D eigenvalue weighted by Gasteiger charge is 2.38. The van der Waals surface area contributed by atoms with E-state index in [0.717, 1.165) is 6.42 Å². The fraction of sp³-hybridized carbons (Fsp3) is 0.929. The summed E-state index contributed by atoms with van der Waals surface area (Å²) in [5, 5.41) is 8.59. The Morgan fingerprint density at radius 2 is 2.00 bits per heavy atom. The molecular weight excluding hydrogens is 262 g/mol. The molecule has 1 heterocycles. The Morgan fingerprint density at radius 3 is 2.60 bits per heavy atom. The Hall–Kier alpha value is -0.850. The van der Waals surface area contributed by atoms with E-state index in [2.05, 4.69) is 0 Å². The molecule has 0 radical (unpaired) electrons. The molecule has 0 aromatic rings. The lowest BCUT2D eigenvalue weighted by Crippen LogP contribution is -2.39. The molecule has 0 bridgehead atoms. The van der Waals surface area contributed by atoms with Gasteiger partial charge in [0, 0.05) is 6.54 Å². The molecule has 1 aliphatic rings. The van der Waals surface area contributed by atoms with Crippen LogP contribution in [-0.4, -0.2) is 66.8 Å². The minimum absolute atomic E-state index is 0.0175. The Kier molecular flexibility index (Phi) is 6.23. The van der Waals surface area contributed by atoms with E-state index in [4.69, 9.17) is 19.3 Å². The number of nitrogens with zero attached hydrogens (tertiary/aromatic N) is 1. The van der Waals surface area contributed by atoms with Crippen molar-refractivity contribution in [1.82, 2.24) is 4.90 Å². The highest BCUT2D eigenvalue weighted by atomic mass is 16.6. The third-order valence-electron chi connectivity index (χ3n) is 3.00. The molecular formula is C14H27NO5. The van der Waals surface area contributed by atoms with Crippen LogP contribution in [0.2, 0.25) is 0 Å². The zero-order valence-corrected chi connectivity index (χ0v) is 13.0. The lowest BCUT2D eigenvalue weighted by molar-refractivity contribution is -0.0538. The van der Waals surface area contributed by atoms with Crippen molar-refractivity contribution < 1.29 is 24.1 Å². The molecule has 6 heteroatoms. The molecule has 1 atom stereocenters. The largest absolute Gasteiger partial charge is 0.444 e. The van der Waals surface area contributed by atoms with Crippen molar-refractivity contribution in [3.05, 3.63) is 0 Å². The number of hydrogen-bond acceptors (Lipinski definition) is 5. The number of amides is 1. The van der Waals surface area contributed by atoms with Gasteiger partial charge < -0.3 is 24.2 Å². The van der Waals surface area contributed by atoms with E-state index in [9.17, 15) is 4.79 Å². The highest BCUT2D eigenvalue weighted by molar-refractivity contribution is 5.68. The van der Waals surface area contributed by atoms with Crippen LogP contribution >= 0.6 is 0 Å². The van der Waals surface area contributed by atoms with Crippen LogP contribution in [0.5, 0.6) is 0 Å². The average Bonchev–Trinajstić information content (AvgIpc) is 2.70. The first-order valence-electron chi connectivity index (χ1n) is 7.06. The summed E-state index contributed by atoms with van der Waals surface area (Å²) in [6.45, 7) is 9.97. The van der Waals surface area contributed by atoms with Crippen LogP contribution in [0.3, 0.4) is 0 Å². The lowest BCUT2D eigenvalue weighted by atomic mass is 10.1. The van der Waals surface area contributed by atoms with Crippen molar-refractivity contribution in [3.63, 3.8) is 0 Å². The molecule has 0 aliphatic carbocycles. The van der Waals surface area contributed by atoms with Crippen LogP contribution in [0.15, 0.2) is 0 Å². The Balaban J connectivity index is 2.31. The smallest absolute Gasteiger partial charge is 0.410 e. The molecule has 118 valence electrons. The van der Waals surface area contributed by atoms with Crippen LogP contribution in [0.25, 0.3) is 0 Å². The van der Waals surface area contributed by atoms with E-state index in [1.165, 1.54) is 0 Å². The van der Waals surface area contributed by atoms with Crippen molar-refractivity contribution in [2.75, 3.05) is 39.5 Å². The van der Waals surface area contributed by atoms with E-state index in [0.29, 0.717) is 32.9 Å². The third kappa shape index (κ3) is 6.07. The maximum atomic E-state index is 12.0. The predicted molar refractivity (Wildman–Crippen MR) is 74.7 cm³/mol. The number of carbonyl (C=O) groups is 1. The molecule has 1 aliphatic heterocycles. The van der Waals surface area contributed by atoms with E-state index < -0.39 is 5.60 Å². The summed E-state index contributed by atoms with van der Waals surface area (Å²) in [5.74, 6) is 0. The molecule has 0 saturated carbocycles. The van der Waals surface area contributed by atoms with Gasteiger partial charge in [0.15, 0.2) is 0 Å². The second kappa shape index (κ2) is 7.24. The van der Waals surface area contributed by atoms with Crippen molar-refractivity contribution in [2.24, 2.45) is 0 Å². The molecule has 6 nitrogen and oxygen atoms in total. The van der Waals surface area contributed by atoms with Crippen molar-refractivity contribution in [3.8, 4) is 0 Å². The minimum Gasteiger partial charge on any atom is -0.444 e. The summed E-state index contributed by atoms with van der Waals surface area (Å²) in [6, 6.07) is 0. The number of aliphatic hydroxyl groups excluding tert-OH is 1.